The zero-order valence-electron chi connectivity index (χ0n) is 13.6. The molecule has 7 heteroatoms. The van der Waals surface area contributed by atoms with Gasteiger partial charge in [-0.25, -0.2) is 4.98 Å². The number of thiazole rings is 1. The van der Waals surface area contributed by atoms with Gasteiger partial charge < -0.3 is 14.8 Å². The SMILES string of the molecule is CN=C(NCc1nc(C)c(C)s1)N(C)Cc1cc(Cl)cn1C. The lowest BCUT2D eigenvalue weighted by molar-refractivity contribution is 0.461. The first-order chi connectivity index (χ1) is 10.4. The second kappa shape index (κ2) is 7.15. The number of hydrogen-bond donors (Lipinski definition) is 1. The van der Waals surface area contributed by atoms with Crippen LogP contribution in [0.2, 0.25) is 5.02 Å². The van der Waals surface area contributed by atoms with Gasteiger partial charge in [0.15, 0.2) is 5.96 Å². The Balaban J connectivity index is 1.97. The molecule has 5 nitrogen and oxygen atoms in total. The van der Waals surface area contributed by atoms with Crippen molar-refractivity contribution < 1.29 is 0 Å². The van der Waals surface area contributed by atoms with Gasteiger partial charge in [-0.3, -0.25) is 4.99 Å². The van der Waals surface area contributed by atoms with Crippen molar-refractivity contribution >= 4 is 28.9 Å². The molecule has 0 atom stereocenters. The Morgan fingerprint density at radius 2 is 2.23 bits per heavy atom. The number of aryl methyl sites for hydroxylation is 3. The van der Waals surface area contributed by atoms with Crippen molar-refractivity contribution in [2.45, 2.75) is 26.9 Å². The topological polar surface area (TPSA) is 45.5 Å². The van der Waals surface area contributed by atoms with Gasteiger partial charge >= 0.3 is 0 Å². The van der Waals surface area contributed by atoms with E-state index in [1.54, 1.807) is 18.4 Å². The largest absolute Gasteiger partial charge is 0.351 e. The van der Waals surface area contributed by atoms with Crippen LogP contribution in [0.4, 0.5) is 0 Å². The third kappa shape index (κ3) is 4.01. The van der Waals surface area contributed by atoms with Gasteiger partial charge in [0.2, 0.25) is 0 Å². The predicted octanol–water partition coefficient (Wildman–Crippen LogP) is 2.96. The first-order valence-corrected chi connectivity index (χ1v) is 8.25. The Bertz CT molecular complexity index is 654. The van der Waals surface area contributed by atoms with Crippen LogP contribution in [0.1, 0.15) is 21.3 Å². The number of aliphatic imine (C=N–C) groups is 1. The Hall–Kier alpha value is -1.53. The first-order valence-electron chi connectivity index (χ1n) is 7.06. The molecule has 120 valence electrons. The fourth-order valence-electron chi connectivity index (χ4n) is 2.20. The van der Waals surface area contributed by atoms with E-state index in [2.05, 4.69) is 27.1 Å². The van der Waals surface area contributed by atoms with Crippen LogP contribution in [-0.4, -0.2) is 34.5 Å². The molecule has 2 aromatic heterocycles. The zero-order valence-corrected chi connectivity index (χ0v) is 15.2. The molecule has 0 aliphatic carbocycles. The molecule has 2 rings (SSSR count). The first kappa shape index (κ1) is 16.8. The lowest BCUT2D eigenvalue weighted by Gasteiger charge is -2.22. The lowest BCUT2D eigenvalue weighted by Crippen LogP contribution is -2.38. The van der Waals surface area contributed by atoms with Gasteiger partial charge in [0, 0.05) is 37.9 Å². The van der Waals surface area contributed by atoms with Crippen molar-refractivity contribution in [1.82, 2.24) is 19.8 Å². The maximum atomic E-state index is 6.03. The summed E-state index contributed by atoms with van der Waals surface area (Å²) >= 11 is 7.75. The molecule has 0 saturated heterocycles. The van der Waals surface area contributed by atoms with Crippen LogP contribution in [0.3, 0.4) is 0 Å². The van der Waals surface area contributed by atoms with Crippen molar-refractivity contribution in [3.63, 3.8) is 0 Å². The minimum absolute atomic E-state index is 0.685. The average Bonchev–Trinajstić information content (AvgIpc) is 2.93. The van der Waals surface area contributed by atoms with Crippen molar-refractivity contribution in [1.29, 1.82) is 0 Å². The van der Waals surface area contributed by atoms with Crippen LogP contribution in [0, 0.1) is 13.8 Å². The number of guanidine groups is 1. The number of nitrogens with one attached hydrogen (secondary N) is 1. The molecular formula is C15H22ClN5S. The summed E-state index contributed by atoms with van der Waals surface area (Å²) in [5.41, 5.74) is 2.24. The Kier molecular flexibility index (Phi) is 5.47. The van der Waals surface area contributed by atoms with Crippen molar-refractivity contribution in [2.75, 3.05) is 14.1 Å². The van der Waals surface area contributed by atoms with Crippen LogP contribution in [-0.2, 0) is 20.1 Å². The van der Waals surface area contributed by atoms with Gasteiger partial charge in [-0.2, -0.15) is 0 Å². The number of hydrogen-bond acceptors (Lipinski definition) is 3. The summed E-state index contributed by atoms with van der Waals surface area (Å²) in [6.45, 7) is 5.55. The lowest BCUT2D eigenvalue weighted by atomic mass is 10.4. The zero-order chi connectivity index (χ0) is 16.3. The van der Waals surface area contributed by atoms with Crippen molar-refractivity contribution in [2.24, 2.45) is 12.0 Å². The standard InChI is InChI=1S/C15H22ClN5S/c1-10-11(2)22-14(19-10)7-18-15(17-3)21(5)9-13-6-12(16)8-20(13)4/h6,8H,7,9H2,1-5H3,(H,17,18). The van der Waals surface area contributed by atoms with E-state index in [1.807, 2.05) is 37.8 Å². The second-order valence-corrected chi connectivity index (χ2v) is 6.99. The molecular weight excluding hydrogens is 318 g/mol. The minimum Gasteiger partial charge on any atom is -0.351 e. The molecule has 0 aliphatic heterocycles. The predicted molar refractivity (Wildman–Crippen MR) is 93.7 cm³/mol. The summed E-state index contributed by atoms with van der Waals surface area (Å²) in [7, 11) is 5.79. The normalized spacial score (nSPS) is 11.8. The summed E-state index contributed by atoms with van der Waals surface area (Å²) in [4.78, 5) is 12.2. The van der Waals surface area contributed by atoms with E-state index in [4.69, 9.17) is 11.6 Å². The Morgan fingerprint density at radius 1 is 1.50 bits per heavy atom. The second-order valence-electron chi connectivity index (χ2n) is 5.27. The molecule has 0 amide bonds. The average molecular weight is 340 g/mol. The van der Waals surface area contributed by atoms with Crippen LogP contribution in [0.5, 0.6) is 0 Å². The molecule has 0 bridgehead atoms. The highest BCUT2D eigenvalue weighted by atomic mass is 35.5. The van der Waals surface area contributed by atoms with Gasteiger partial charge in [0.05, 0.1) is 23.8 Å². The fraction of sp³-hybridized carbons (Fsp3) is 0.467. The summed E-state index contributed by atoms with van der Waals surface area (Å²) in [5, 5.41) is 5.18. The van der Waals surface area contributed by atoms with E-state index < -0.39 is 0 Å². The van der Waals surface area contributed by atoms with E-state index in [9.17, 15) is 0 Å². The molecule has 0 spiro atoms. The van der Waals surface area contributed by atoms with Gasteiger partial charge in [-0.05, 0) is 19.9 Å². The fourth-order valence-corrected chi connectivity index (χ4v) is 3.34. The maximum absolute atomic E-state index is 6.03. The monoisotopic (exact) mass is 339 g/mol. The third-order valence-corrected chi connectivity index (χ3v) is 4.80. The molecule has 0 aliphatic rings. The number of rotatable bonds is 4. The number of nitrogens with zero attached hydrogens (tertiary/aromatic N) is 4. The molecule has 1 N–H and O–H groups in total. The molecule has 0 aromatic carbocycles. The van der Waals surface area contributed by atoms with Gasteiger partial charge in [-0.15, -0.1) is 11.3 Å². The summed E-state index contributed by atoms with van der Waals surface area (Å²) in [6, 6.07) is 1.97. The number of aromatic nitrogens is 2. The van der Waals surface area contributed by atoms with Gasteiger partial charge in [-0.1, -0.05) is 11.6 Å². The molecule has 0 saturated carbocycles. The summed E-state index contributed by atoms with van der Waals surface area (Å²) < 4.78 is 2.03. The van der Waals surface area contributed by atoms with Crippen LogP contribution < -0.4 is 5.32 Å². The third-order valence-electron chi connectivity index (χ3n) is 3.52. The van der Waals surface area contributed by atoms with Crippen LogP contribution in [0.25, 0.3) is 0 Å². The number of halogens is 1. The Morgan fingerprint density at radius 3 is 2.73 bits per heavy atom. The molecule has 0 radical (unpaired) electrons. The Labute approximate surface area is 140 Å². The minimum atomic E-state index is 0.685. The highest BCUT2D eigenvalue weighted by Gasteiger charge is 2.11. The van der Waals surface area contributed by atoms with Gasteiger partial charge in [0.1, 0.15) is 5.01 Å². The van der Waals surface area contributed by atoms with Gasteiger partial charge in [0.25, 0.3) is 0 Å². The van der Waals surface area contributed by atoms with Crippen molar-refractivity contribution in [3.05, 3.63) is 38.6 Å². The van der Waals surface area contributed by atoms with Crippen LogP contribution >= 0.6 is 22.9 Å². The van der Waals surface area contributed by atoms with E-state index in [0.717, 1.165) is 33.9 Å². The quantitative estimate of drug-likeness (QED) is 0.688. The highest BCUT2D eigenvalue weighted by molar-refractivity contribution is 7.11. The van der Waals surface area contributed by atoms with E-state index >= 15 is 0 Å². The van der Waals surface area contributed by atoms with Crippen molar-refractivity contribution in [3.8, 4) is 0 Å². The van der Waals surface area contributed by atoms with E-state index in [-0.39, 0.29) is 0 Å². The smallest absolute Gasteiger partial charge is 0.194 e. The molecule has 22 heavy (non-hydrogen) atoms. The molecule has 0 unspecified atom stereocenters. The van der Waals surface area contributed by atoms with E-state index in [0.29, 0.717) is 6.54 Å². The summed E-state index contributed by atoms with van der Waals surface area (Å²) in [6.07, 6.45) is 1.90. The maximum Gasteiger partial charge on any atom is 0.194 e. The van der Waals surface area contributed by atoms with E-state index in [1.165, 1.54) is 4.88 Å². The molecule has 0 fully saturated rings. The summed E-state index contributed by atoms with van der Waals surface area (Å²) in [5.74, 6) is 0.836. The van der Waals surface area contributed by atoms with Crippen LogP contribution in [0.15, 0.2) is 17.3 Å². The highest BCUT2D eigenvalue weighted by Crippen LogP contribution is 2.16. The molecule has 2 aromatic rings. The molecule has 2 heterocycles.